The molecule has 2 aromatic rings. The quantitative estimate of drug-likeness (QED) is 0.741. The van der Waals surface area contributed by atoms with Gasteiger partial charge in [0.25, 0.3) is 0 Å². The number of allylic oxidation sites excluding steroid dienone is 1. The van der Waals surface area contributed by atoms with Crippen LogP contribution < -0.4 is 5.32 Å². The van der Waals surface area contributed by atoms with E-state index >= 15 is 0 Å². The third kappa shape index (κ3) is 3.26. The molecule has 8 heteroatoms. The fraction of sp³-hybridized carbons (Fsp3) is 0.250. The molecule has 0 aromatic carbocycles. The Morgan fingerprint density at radius 3 is 2.79 bits per heavy atom. The fourth-order valence-corrected chi connectivity index (χ4v) is 4.78. The zero-order chi connectivity index (χ0) is 17.3. The van der Waals surface area contributed by atoms with Gasteiger partial charge in [0.05, 0.1) is 29.1 Å². The summed E-state index contributed by atoms with van der Waals surface area (Å²) in [7, 11) is 1.35. The first-order valence-electron chi connectivity index (χ1n) is 7.16. The van der Waals surface area contributed by atoms with E-state index in [0.717, 1.165) is 13.5 Å². The third-order valence-electron chi connectivity index (χ3n) is 3.77. The van der Waals surface area contributed by atoms with Crippen molar-refractivity contribution in [3.8, 4) is 0 Å². The van der Waals surface area contributed by atoms with Crippen LogP contribution in [0.4, 0.5) is 4.79 Å². The maximum Gasteiger partial charge on any atom is 0.338 e. The van der Waals surface area contributed by atoms with Crippen molar-refractivity contribution in [2.75, 3.05) is 7.11 Å². The second-order valence-electron chi connectivity index (χ2n) is 5.18. The number of halogens is 1. The van der Waals surface area contributed by atoms with E-state index in [4.69, 9.17) is 4.74 Å². The molecule has 126 valence electrons. The van der Waals surface area contributed by atoms with Gasteiger partial charge < -0.3 is 10.1 Å². The lowest BCUT2D eigenvalue weighted by Crippen LogP contribution is -2.47. The van der Waals surface area contributed by atoms with Gasteiger partial charge in [-0.25, -0.2) is 9.59 Å². The minimum absolute atomic E-state index is 0.219. The van der Waals surface area contributed by atoms with Crippen molar-refractivity contribution in [1.82, 2.24) is 10.2 Å². The second kappa shape index (κ2) is 7.08. The number of ether oxygens (including phenoxy) is 1. The van der Waals surface area contributed by atoms with Gasteiger partial charge in [-0.3, -0.25) is 4.90 Å². The molecule has 0 saturated carbocycles. The number of hydrogen-bond donors (Lipinski definition) is 1. The highest BCUT2D eigenvalue weighted by Crippen LogP contribution is 2.36. The zero-order valence-corrected chi connectivity index (χ0v) is 16.3. The van der Waals surface area contributed by atoms with Crippen LogP contribution in [0.15, 0.2) is 44.7 Å². The van der Waals surface area contributed by atoms with E-state index in [1.807, 2.05) is 29.6 Å². The Morgan fingerprint density at radius 1 is 1.42 bits per heavy atom. The molecule has 3 heterocycles. The monoisotopic (exact) mass is 426 g/mol. The molecule has 0 spiro atoms. The van der Waals surface area contributed by atoms with Crippen LogP contribution in [0.3, 0.4) is 0 Å². The molecular weight excluding hydrogens is 412 g/mol. The van der Waals surface area contributed by atoms with Gasteiger partial charge in [0, 0.05) is 15.5 Å². The molecule has 0 fully saturated rings. The SMILES string of the molecule is COC(=O)C1=C(C)N(Cc2cccs2)C(=O)NC1c1ccc(Br)s1. The van der Waals surface area contributed by atoms with E-state index in [-0.39, 0.29) is 6.03 Å². The summed E-state index contributed by atoms with van der Waals surface area (Å²) >= 11 is 6.47. The Morgan fingerprint density at radius 2 is 2.21 bits per heavy atom. The van der Waals surface area contributed by atoms with Gasteiger partial charge in [0.1, 0.15) is 0 Å². The van der Waals surface area contributed by atoms with E-state index in [9.17, 15) is 9.59 Å². The van der Waals surface area contributed by atoms with Crippen molar-refractivity contribution in [2.24, 2.45) is 0 Å². The van der Waals surface area contributed by atoms with Crippen LogP contribution in [0.25, 0.3) is 0 Å². The molecule has 24 heavy (non-hydrogen) atoms. The number of nitrogens with zero attached hydrogens (tertiary/aromatic N) is 1. The number of thiophene rings is 2. The molecule has 1 aliphatic rings. The molecule has 1 aliphatic heterocycles. The van der Waals surface area contributed by atoms with Gasteiger partial charge in [-0.1, -0.05) is 6.07 Å². The summed E-state index contributed by atoms with van der Waals surface area (Å²) in [5, 5.41) is 4.89. The highest BCUT2D eigenvalue weighted by Gasteiger charge is 2.37. The average molecular weight is 427 g/mol. The fourth-order valence-electron chi connectivity index (χ4n) is 2.60. The molecule has 2 aromatic heterocycles. The summed E-state index contributed by atoms with van der Waals surface area (Å²) in [6.45, 7) is 2.21. The maximum absolute atomic E-state index is 12.6. The topological polar surface area (TPSA) is 58.6 Å². The molecule has 3 rings (SSSR count). The third-order valence-corrected chi connectivity index (χ3v) is 6.32. The van der Waals surface area contributed by atoms with Crippen LogP contribution in [0.1, 0.15) is 22.7 Å². The summed E-state index contributed by atoms with van der Waals surface area (Å²) in [5.41, 5.74) is 1.08. The molecule has 2 amide bonds. The van der Waals surface area contributed by atoms with E-state index in [1.54, 1.807) is 23.2 Å². The Hall–Kier alpha value is -1.64. The van der Waals surface area contributed by atoms with Crippen molar-refractivity contribution in [3.63, 3.8) is 0 Å². The molecule has 1 unspecified atom stereocenters. The highest BCUT2D eigenvalue weighted by atomic mass is 79.9. The normalized spacial score (nSPS) is 17.9. The van der Waals surface area contributed by atoms with E-state index in [0.29, 0.717) is 17.8 Å². The number of amides is 2. The lowest BCUT2D eigenvalue weighted by molar-refractivity contribution is -0.136. The second-order valence-corrected chi connectivity index (χ2v) is 8.71. The molecule has 1 atom stereocenters. The van der Waals surface area contributed by atoms with Gasteiger partial charge in [0.15, 0.2) is 0 Å². The van der Waals surface area contributed by atoms with Crippen LogP contribution >= 0.6 is 38.6 Å². The molecule has 0 radical (unpaired) electrons. The Bertz CT molecular complexity index is 798. The molecule has 0 saturated heterocycles. The van der Waals surface area contributed by atoms with Crippen molar-refractivity contribution >= 4 is 50.6 Å². The molecule has 0 bridgehead atoms. The lowest BCUT2D eigenvalue weighted by Gasteiger charge is -2.34. The number of urea groups is 1. The van der Waals surface area contributed by atoms with Crippen LogP contribution in [-0.4, -0.2) is 24.0 Å². The molecule has 1 N–H and O–H groups in total. The first-order chi connectivity index (χ1) is 11.5. The van der Waals surface area contributed by atoms with Gasteiger partial charge in [0.2, 0.25) is 0 Å². The van der Waals surface area contributed by atoms with Crippen LogP contribution in [0.5, 0.6) is 0 Å². The van der Waals surface area contributed by atoms with Gasteiger partial charge in [-0.15, -0.1) is 22.7 Å². The minimum atomic E-state index is -0.499. The number of esters is 1. The number of methoxy groups -OCH3 is 1. The van der Waals surface area contributed by atoms with Crippen LogP contribution in [0.2, 0.25) is 0 Å². The number of nitrogens with one attached hydrogen (secondary N) is 1. The van der Waals surface area contributed by atoms with E-state index < -0.39 is 12.0 Å². The van der Waals surface area contributed by atoms with Gasteiger partial charge in [-0.05, 0) is 46.4 Å². The summed E-state index contributed by atoms with van der Waals surface area (Å²) < 4.78 is 5.90. The Kier molecular flexibility index (Phi) is 5.07. The van der Waals surface area contributed by atoms with Crippen LogP contribution in [0, 0.1) is 0 Å². The smallest absolute Gasteiger partial charge is 0.338 e. The van der Waals surface area contributed by atoms with Crippen molar-refractivity contribution < 1.29 is 14.3 Å². The number of hydrogen-bond acceptors (Lipinski definition) is 5. The lowest BCUT2D eigenvalue weighted by atomic mass is 10.0. The summed E-state index contributed by atoms with van der Waals surface area (Å²) in [6.07, 6.45) is 0. The Labute approximate surface area is 156 Å². The predicted molar refractivity (Wildman–Crippen MR) is 97.9 cm³/mol. The standard InChI is InChI=1S/C16H15BrN2O3S2/c1-9-13(15(20)22-2)14(11-5-6-12(17)24-11)18-16(21)19(9)8-10-4-3-7-23-10/h3-7,14H,8H2,1-2H3,(H,18,21). The predicted octanol–water partition coefficient (Wildman–Crippen LogP) is 4.29. The average Bonchev–Trinajstić information content (AvgIpc) is 3.21. The van der Waals surface area contributed by atoms with Gasteiger partial charge in [-0.2, -0.15) is 0 Å². The number of carbonyl (C=O) groups excluding carboxylic acids is 2. The van der Waals surface area contributed by atoms with Crippen molar-refractivity contribution in [1.29, 1.82) is 0 Å². The molecular formula is C16H15BrN2O3S2. The van der Waals surface area contributed by atoms with Crippen LogP contribution in [-0.2, 0) is 16.1 Å². The number of carbonyl (C=O) groups is 2. The van der Waals surface area contributed by atoms with E-state index in [2.05, 4.69) is 21.2 Å². The van der Waals surface area contributed by atoms with Crippen molar-refractivity contribution in [3.05, 3.63) is 54.5 Å². The number of rotatable bonds is 4. The van der Waals surface area contributed by atoms with Crippen molar-refractivity contribution in [2.45, 2.75) is 19.5 Å². The van der Waals surface area contributed by atoms with Gasteiger partial charge >= 0.3 is 12.0 Å². The molecule has 0 aliphatic carbocycles. The highest BCUT2D eigenvalue weighted by molar-refractivity contribution is 9.11. The molecule has 5 nitrogen and oxygen atoms in total. The largest absolute Gasteiger partial charge is 0.466 e. The summed E-state index contributed by atoms with van der Waals surface area (Å²) in [6, 6.07) is 6.97. The summed E-state index contributed by atoms with van der Waals surface area (Å²) in [5.74, 6) is -0.432. The summed E-state index contributed by atoms with van der Waals surface area (Å²) in [4.78, 5) is 28.5. The van der Waals surface area contributed by atoms with E-state index in [1.165, 1.54) is 18.4 Å². The first-order valence-corrected chi connectivity index (χ1v) is 9.65. The maximum atomic E-state index is 12.6. The Balaban J connectivity index is 2.02. The minimum Gasteiger partial charge on any atom is -0.466 e. The zero-order valence-electron chi connectivity index (χ0n) is 13.0. The first kappa shape index (κ1) is 17.2.